The van der Waals surface area contributed by atoms with Crippen molar-refractivity contribution in [3.05, 3.63) is 24.0 Å². The van der Waals surface area contributed by atoms with Gasteiger partial charge >= 0.3 is 0 Å². The van der Waals surface area contributed by atoms with Crippen molar-refractivity contribution in [2.24, 2.45) is 0 Å². The van der Waals surface area contributed by atoms with Crippen molar-refractivity contribution in [1.29, 1.82) is 0 Å². The summed E-state index contributed by atoms with van der Waals surface area (Å²) in [6, 6.07) is 2.75. The van der Waals surface area contributed by atoms with E-state index in [9.17, 15) is 0 Å². The summed E-state index contributed by atoms with van der Waals surface area (Å²) in [6.45, 7) is 6.46. The van der Waals surface area contributed by atoms with E-state index in [-0.39, 0.29) is 5.60 Å². The number of hydrogen-bond acceptors (Lipinski definition) is 2. The molecule has 3 heteroatoms. The summed E-state index contributed by atoms with van der Waals surface area (Å²) in [5.41, 5.74) is 1.67. The third-order valence-electron chi connectivity index (χ3n) is 5.30. The molecule has 21 heavy (non-hydrogen) atoms. The fourth-order valence-electron chi connectivity index (χ4n) is 4.17. The van der Waals surface area contributed by atoms with E-state index in [4.69, 9.17) is 4.74 Å². The van der Waals surface area contributed by atoms with Crippen LogP contribution in [0.5, 0.6) is 0 Å². The van der Waals surface area contributed by atoms with E-state index < -0.39 is 0 Å². The molecule has 3 rings (SSSR count). The Morgan fingerprint density at radius 1 is 1.33 bits per heavy atom. The van der Waals surface area contributed by atoms with E-state index in [2.05, 4.69) is 42.2 Å². The molecular weight excluding hydrogens is 260 g/mol. The van der Waals surface area contributed by atoms with Crippen molar-refractivity contribution in [1.82, 2.24) is 9.88 Å². The van der Waals surface area contributed by atoms with Crippen molar-refractivity contribution in [3.8, 4) is 0 Å². The van der Waals surface area contributed by atoms with Crippen LogP contribution in [0.2, 0.25) is 0 Å². The summed E-state index contributed by atoms with van der Waals surface area (Å²) in [5.74, 6) is 0. The highest BCUT2D eigenvalue weighted by Crippen LogP contribution is 2.43. The summed E-state index contributed by atoms with van der Waals surface area (Å²) >= 11 is 0. The Bertz CT molecular complexity index is 448. The molecule has 118 valence electrons. The third kappa shape index (κ3) is 3.35. The van der Waals surface area contributed by atoms with E-state index in [1.807, 2.05) is 0 Å². The standard InChI is InChI=1S/C18H30N2O/c1-3-17(19-4-2)15-8-12-20(13-15)14-16-7-11-18(21-16)9-5-6-10-18/h8,12-13,16-17,19H,3-7,9-11,14H2,1-2H3. The fraction of sp³-hybridized carbons (Fsp3) is 0.778. The minimum Gasteiger partial charge on any atom is -0.370 e. The Hall–Kier alpha value is -0.800. The van der Waals surface area contributed by atoms with E-state index in [1.165, 1.54) is 44.1 Å². The van der Waals surface area contributed by atoms with E-state index >= 15 is 0 Å². The van der Waals surface area contributed by atoms with Crippen LogP contribution < -0.4 is 5.32 Å². The number of hydrogen-bond donors (Lipinski definition) is 1. The van der Waals surface area contributed by atoms with Crippen LogP contribution in [0.3, 0.4) is 0 Å². The molecule has 1 saturated carbocycles. The molecule has 1 saturated heterocycles. The molecule has 0 aromatic carbocycles. The zero-order valence-electron chi connectivity index (χ0n) is 13.6. The molecule has 1 spiro atoms. The first-order chi connectivity index (χ1) is 10.2. The lowest BCUT2D eigenvalue weighted by Crippen LogP contribution is -2.26. The molecule has 0 bridgehead atoms. The Balaban J connectivity index is 1.57. The van der Waals surface area contributed by atoms with Gasteiger partial charge in [-0.05, 0) is 50.3 Å². The van der Waals surface area contributed by atoms with E-state index in [1.54, 1.807) is 0 Å². The van der Waals surface area contributed by atoms with Gasteiger partial charge in [-0.25, -0.2) is 0 Å². The Kier molecular flexibility index (Phi) is 4.70. The molecule has 1 aliphatic heterocycles. The Labute approximate surface area is 129 Å². The SMILES string of the molecule is CCNC(CC)c1ccn(CC2CCC3(CCCC3)O2)c1. The van der Waals surface area contributed by atoms with Gasteiger partial charge in [-0.15, -0.1) is 0 Å². The Morgan fingerprint density at radius 2 is 2.14 bits per heavy atom. The first kappa shape index (κ1) is 15.1. The number of nitrogens with zero attached hydrogens (tertiary/aromatic N) is 1. The minimum absolute atomic E-state index is 0.260. The molecule has 1 N–H and O–H groups in total. The first-order valence-electron chi connectivity index (χ1n) is 8.81. The second-order valence-electron chi connectivity index (χ2n) is 6.83. The lowest BCUT2D eigenvalue weighted by atomic mass is 9.98. The van der Waals surface area contributed by atoms with Gasteiger partial charge in [0.1, 0.15) is 0 Å². The zero-order valence-corrected chi connectivity index (χ0v) is 13.6. The van der Waals surface area contributed by atoms with Crippen LogP contribution in [0, 0.1) is 0 Å². The van der Waals surface area contributed by atoms with Crippen LogP contribution in [0.4, 0.5) is 0 Å². The molecule has 2 unspecified atom stereocenters. The van der Waals surface area contributed by atoms with Gasteiger partial charge in [0.25, 0.3) is 0 Å². The molecule has 2 fully saturated rings. The number of ether oxygens (including phenoxy) is 1. The third-order valence-corrected chi connectivity index (χ3v) is 5.30. The molecule has 1 aromatic rings. The van der Waals surface area contributed by atoms with Gasteiger partial charge in [-0.1, -0.05) is 26.7 Å². The van der Waals surface area contributed by atoms with Gasteiger partial charge in [0.05, 0.1) is 11.7 Å². The van der Waals surface area contributed by atoms with Crippen molar-refractivity contribution in [3.63, 3.8) is 0 Å². The van der Waals surface area contributed by atoms with Gasteiger partial charge < -0.3 is 14.6 Å². The maximum atomic E-state index is 6.42. The van der Waals surface area contributed by atoms with Crippen LogP contribution in [0.25, 0.3) is 0 Å². The molecule has 1 aliphatic carbocycles. The van der Waals surface area contributed by atoms with Gasteiger partial charge in [0.15, 0.2) is 0 Å². The summed E-state index contributed by atoms with van der Waals surface area (Å²) in [6.07, 6.45) is 13.9. The van der Waals surface area contributed by atoms with Crippen molar-refractivity contribution in [2.45, 2.75) is 83.1 Å². The van der Waals surface area contributed by atoms with Crippen molar-refractivity contribution >= 4 is 0 Å². The number of nitrogens with one attached hydrogen (secondary N) is 1. The van der Waals surface area contributed by atoms with Crippen LogP contribution >= 0.6 is 0 Å². The summed E-state index contributed by atoms with van der Waals surface area (Å²) < 4.78 is 8.75. The largest absolute Gasteiger partial charge is 0.370 e. The molecule has 3 nitrogen and oxygen atoms in total. The average Bonchev–Trinajstić information content (AvgIpc) is 3.21. The first-order valence-corrected chi connectivity index (χ1v) is 8.81. The monoisotopic (exact) mass is 290 g/mol. The van der Waals surface area contributed by atoms with E-state index in [0.717, 1.165) is 19.5 Å². The van der Waals surface area contributed by atoms with Gasteiger partial charge in [-0.2, -0.15) is 0 Å². The quantitative estimate of drug-likeness (QED) is 0.855. The summed E-state index contributed by atoms with van der Waals surface area (Å²) in [5, 5.41) is 3.55. The minimum atomic E-state index is 0.260. The lowest BCUT2D eigenvalue weighted by Gasteiger charge is -2.24. The molecule has 0 amide bonds. The van der Waals surface area contributed by atoms with Crippen LogP contribution in [-0.4, -0.2) is 22.8 Å². The molecule has 0 radical (unpaired) electrons. The smallest absolute Gasteiger partial charge is 0.0762 e. The maximum absolute atomic E-state index is 6.42. The second kappa shape index (κ2) is 6.53. The molecular formula is C18H30N2O. The van der Waals surface area contributed by atoms with Crippen molar-refractivity contribution in [2.75, 3.05) is 6.54 Å². The van der Waals surface area contributed by atoms with Gasteiger partial charge in [0, 0.05) is 25.0 Å². The van der Waals surface area contributed by atoms with Gasteiger partial charge in [-0.3, -0.25) is 0 Å². The summed E-state index contributed by atoms with van der Waals surface area (Å²) in [7, 11) is 0. The zero-order chi connectivity index (χ0) is 14.7. The highest BCUT2D eigenvalue weighted by molar-refractivity contribution is 5.15. The topological polar surface area (TPSA) is 26.2 Å². The second-order valence-corrected chi connectivity index (χ2v) is 6.83. The number of rotatable bonds is 6. The highest BCUT2D eigenvalue weighted by atomic mass is 16.5. The van der Waals surface area contributed by atoms with Gasteiger partial charge in [0.2, 0.25) is 0 Å². The Morgan fingerprint density at radius 3 is 2.86 bits per heavy atom. The predicted octanol–water partition coefficient (Wildman–Crippen LogP) is 4.04. The van der Waals surface area contributed by atoms with Crippen LogP contribution in [0.1, 0.15) is 70.4 Å². The van der Waals surface area contributed by atoms with Crippen LogP contribution in [0.15, 0.2) is 18.5 Å². The molecule has 2 aliphatic rings. The molecule has 2 atom stereocenters. The number of aromatic nitrogens is 1. The summed E-state index contributed by atoms with van der Waals surface area (Å²) in [4.78, 5) is 0. The lowest BCUT2D eigenvalue weighted by molar-refractivity contribution is -0.0417. The normalized spacial score (nSPS) is 25.7. The average molecular weight is 290 g/mol. The predicted molar refractivity (Wildman–Crippen MR) is 86.4 cm³/mol. The van der Waals surface area contributed by atoms with Crippen molar-refractivity contribution < 1.29 is 4.74 Å². The van der Waals surface area contributed by atoms with Crippen LogP contribution in [-0.2, 0) is 11.3 Å². The fourth-order valence-corrected chi connectivity index (χ4v) is 4.17. The molecule has 1 aromatic heterocycles. The maximum Gasteiger partial charge on any atom is 0.0762 e. The highest BCUT2D eigenvalue weighted by Gasteiger charge is 2.42. The van der Waals surface area contributed by atoms with E-state index in [0.29, 0.717) is 12.1 Å². The molecule has 2 heterocycles.